The van der Waals surface area contributed by atoms with E-state index in [1.54, 1.807) is 4.90 Å². The van der Waals surface area contributed by atoms with Gasteiger partial charge in [-0.15, -0.1) is 0 Å². The van der Waals surface area contributed by atoms with Crippen LogP contribution in [0.1, 0.15) is 22.3 Å². The number of anilines is 1. The minimum atomic E-state index is 0.0996. The molecule has 0 fully saturated rings. The van der Waals surface area contributed by atoms with E-state index in [-0.39, 0.29) is 5.91 Å². The van der Waals surface area contributed by atoms with Crippen molar-refractivity contribution in [2.45, 2.75) is 12.8 Å². The lowest BCUT2D eigenvalue weighted by Crippen LogP contribution is -2.29. The van der Waals surface area contributed by atoms with Crippen molar-refractivity contribution in [3.8, 4) is 0 Å². The van der Waals surface area contributed by atoms with Crippen LogP contribution in [0.5, 0.6) is 0 Å². The van der Waals surface area contributed by atoms with E-state index in [2.05, 4.69) is 16.7 Å². The van der Waals surface area contributed by atoms with E-state index in [1.807, 2.05) is 26.2 Å². The number of benzene rings is 1. The van der Waals surface area contributed by atoms with Crippen LogP contribution in [0.3, 0.4) is 0 Å². The highest BCUT2D eigenvalue weighted by Crippen LogP contribution is 2.23. The lowest BCUT2D eigenvalue weighted by Gasteiger charge is -2.17. The molecule has 1 aliphatic rings. The molecule has 1 aromatic carbocycles. The van der Waals surface area contributed by atoms with Gasteiger partial charge >= 0.3 is 0 Å². The van der Waals surface area contributed by atoms with Crippen molar-refractivity contribution in [1.82, 2.24) is 10.2 Å². The van der Waals surface area contributed by atoms with Gasteiger partial charge in [-0.25, -0.2) is 0 Å². The highest BCUT2D eigenvalue weighted by Gasteiger charge is 2.15. The molecule has 2 N–H and O–H groups in total. The molecule has 0 aromatic heterocycles. The minimum Gasteiger partial charge on any atom is -0.384 e. The SMILES string of the molecule is CNCCCN(C)C(=O)c1ccc2c(c1)NCC2. The molecule has 0 unspecified atom stereocenters. The third kappa shape index (κ3) is 2.82. The number of fused-ring (bicyclic) bond motifs is 1. The van der Waals surface area contributed by atoms with E-state index in [9.17, 15) is 4.79 Å². The summed E-state index contributed by atoms with van der Waals surface area (Å²) >= 11 is 0. The van der Waals surface area contributed by atoms with Gasteiger partial charge in [0.2, 0.25) is 0 Å². The zero-order valence-electron chi connectivity index (χ0n) is 11.1. The highest BCUT2D eigenvalue weighted by molar-refractivity contribution is 5.95. The van der Waals surface area contributed by atoms with Gasteiger partial charge in [-0.05, 0) is 44.1 Å². The normalized spacial score (nSPS) is 13.0. The predicted molar refractivity (Wildman–Crippen MR) is 74.1 cm³/mol. The van der Waals surface area contributed by atoms with Gasteiger partial charge in [0.25, 0.3) is 5.91 Å². The van der Waals surface area contributed by atoms with Gasteiger partial charge < -0.3 is 15.5 Å². The van der Waals surface area contributed by atoms with E-state index in [1.165, 1.54) is 5.56 Å². The van der Waals surface area contributed by atoms with Gasteiger partial charge in [-0.2, -0.15) is 0 Å². The Morgan fingerprint density at radius 1 is 1.50 bits per heavy atom. The number of rotatable bonds is 5. The molecule has 1 amide bonds. The number of hydrogen-bond donors (Lipinski definition) is 2. The summed E-state index contributed by atoms with van der Waals surface area (Å²) in [6.07, 6.45) is 2.03. The first-order valence-electron chi connectivity index (χ1n) is 6.49. The molecule has 2 rings (SSSR count). The zero-order valence-corrected chi connectivity index (χ0v) is 11.1. The molecule has 18 heavy (non-hydrogen) atoms. The number of amides is 1. The number of carbonyl (C=O) groups is 1. The highest BCUT2D eigenvalue weighted by atomic mass is 16.2. The van der Waals surface area contributed by atoms with Crippen LogP contribution in [0.2, 0.25) is 0 Å². The summed E-state index contributed by atoms with van der Waals surface area (Å²) in [6, 6.07) is 5.96. The third-order valence-electron chi connectivity index (χ3n) is 3.33. The van der Waals surface area contributed by atoms with Crippen molar-refractivity contribution in [2.75, 3.05) is 39.0 Å². The van der Waals surface area contributed by atoms with Crippen LogP contribution in [0.25, 0.3) is 0 Å². The van der Waals surface area contributed by atoms with E-state index < -0.39 is 0 Å². The Kier molecular flexibility index (Phi) is 4.20. The summed E-state index contributed by atoms with van der Waals surface area (Å²) < 4.78 is 0. The summed E-state index contributed by atoms with van der Waals surface area (Å²) in [5, 5.41) is 6.39. The van der Waals surface area contributed by atoms with Crippen molar-refractivity contribution in [3.63, 3.8) is 0 Å². The predicted octanol–water partition coefficient (Wildman–Crippen LogP) is 1.34. The summed E-state index contributed by atoms with van der Waals surface area (Å²) in [4.78, 5) is 14.0. The molecule has 0 saturated carbocycles. The maximum atomic E-state index is 12.2. The van der Waals surface area contributed by atoms with Gasteiger partial charge in [0.1, 0.15) is 0 Å². The molecule has 98 valence electrons. The minimum absolute atomic E-state index is 0.0996. The summed E-state index contributed by atoms with van der Waals surface area (Å²) in [7, 11) is 3.78. The van der Waals surface area contributed by atoms with Crippen molar-refractivity contribution in [2.24, 2.45) is 0 Å². The molecule has 0 bridgehead atoms. The Bertz CT molecular complexity index is 431. The standard InChI is InChI=1S/C14H21N3O/c1-15-7-3-9-17(2)14(18)12-5-4-11-6-8-16-13(11)10-12/h4-5,10,15-16H,3,6-9H2,1-2H3. The largest absolute Gasteiger partial charge is 0.384 e. The van der Waals surface area contributed by atoms with Crippen LogP contribution in [-0.2, 0) is 6.42 Å². The Balaban J connectivity index is 2.00. The summed E-state index contributed by atoms with van der Waals surface area (Å²) in [5.41, 5.74) is 3.20. The molecule has 0 radical (unpaired) electrons. The fourth-order valence-corrected chi connectivity index (χ4v) is 2.24. The van der Waals surface area contributed by atoms with Gasteiger partial charge in [0.05, 0.1) is 0 Å². The monoisotopic (exact) mass is 247 g/mol. The average molecular weight is 247 g/mol. The van der Waals surface area contributed by atoms with E-state index in [0.717, 1.165) is 43.7 Å². The Labute approximate surface area is 108 Å². The van der Waals surface area contributed by atoms with Crippen molar-refractivity contribution in [1.29, 1.82) is 0 Å². The maximum Gasteiger partial charge on any atom is 0.253 e. The maximum absolute atomic E-state index is 12.2. The second-order valence-electron chi connectivity index (χ2n) is 4.73. The summed E-state index contributed by atoms with van der Waals surface area (Å²) in [5.74, 6) is 0.0996. The van der Waals surface area contributed by atoms with Gasteiger partial charge in [0, 0.05) is 31.4 Å². The first-order valence-corrected chi connectivity index (χ1v) is 6.49. The van der Waals surface area contributed by atoms with Crippen molar-refractivity contribution >= 4 is 11.6 Å². The van der Waals surface area contributed by atoms with E-state index in [4.69, 9.17) is 0 Å². The molecule has 0 aliphatic carbocycles. The van der Waals surface area contributed by atoms with Crippen molar-refractivity contribution in [3.05, 3.63) is 29.3 Å². The smallest absolute Gasteiger partial charge is 0.253 e. The Hall–Kier alpha value is -1.55. The molecule has 4 heteroatoms. The molecule has 0 saturated heterocycles. The van der Waals surface area contributed by atoms with Crippen LogP contribution in [0, 0.1) is 0 Å². The number of hydrogen-bond acceptors (Lipinski definition) is 3. The fourth-order valence-electron chi connectivity index (χ4n) is 2.24. The first kappa shape index (κ1) is 12.9. The van der Waals surface area contributed by atoms with Gasteiger partial charge in [0.15, 0.2) is 0 Å². The Morgan fingerprint density at radius 2 is 2.33 bits per heavy atom. The van der Waals surface area contributed by atoms with Gasteiger partial charge in [-0.1, -0.05) is 6.07 Å². The lowest BCUT2D eigenvalue weighted by atomic mass is 10.1. The van der Waals surface area contributed by atoms with Crippen LogP contribution in [0.4, 0.5) is 5.69 Å². The second-order valence-corrected chi connectivity index (χ2v) is 4.73. The second kappa shape index (κ2) is 5.87. The Morgan fingerprint density at radius 3 is 3.11 bits per heavy atom. The molecular formula is C14H21N3O. The van der Waals surface area contributed by atoms with Crippen LogP contribution in [-0.4, -0.2) is 44.5 Å². The third-order valence-corrected chi connectivity index (χ3v) is 3.33. The molecule has 0 spiro atoms. The zero-order chi connectivity index (χ0) is 13.0. The number of carbonyl (C=O) groups excluding carboxylic acids is 1. The fraction of sp³-hybridized carbons (Fsp3) is 0.500. The van der Waals surface area contributed by atoms with Crippen LogP contribution < -0.4 is 10.6 Å². The average Bonchev–Trinajstić information content (AvgIpc) is 2.85. The molecular weight excluding hydrogens is 226 g/mol. The lowest BCUT2D eigenvalue weighted by molar-refractivity contribution is 0.0794. The molecule has 0 atom stereocenters. The van der Waals surface area contributed by atoms with Crippen LogP contribution >= 0.6 is 0 Å². The summed E-state index contributed by atoms with van der Waals surface area (Å²) in [6.45, 7) is 2.69. The number of nitrogens with zero attached hydrogens (tertiary/aromatic N) is 1. The van der Waals surface area contributed by atoms with E-state index >= 15 is 0 Å². The van der Waals surface area contributed by atoms with Crippen LogP contribution in [0.15, 0.2) is 18.2 Å². The quantitative estimate of drug-likeness (QED) is 0.772. The molecule has 1 aliphatic heterocycles. The van der Waals surface area contributed by atoms with Gasteiger partial charge in [-0.3, -0.25) is 4.79 Å². The number of nitrogens with one attached hydrogen (secondary N) is 2. The van der Waals surface area contributed by atoms with E-state index in [0.29, 0.717) is 0 Å². The molecule has 1 heterocycles. The first-order chi connectivity index (χ1) is 8.72. The molecule has 1 aromatic rings. The molecule has 4 nitrogen and oxygen atoms in total. The van der Waals surface area contributed by atoms with Crippen molar-refractivity contribution < 1.29 is 4.79 Å². The topological polar surface area (TPSA) is 44.4 Å².